The molecule has 3 heteroatoms. The second-order valence-electron chi connectivity index (χ2n) is 2.56. The number of hydrogen-bond donors (Lipinski definition) is 2. The smallest absolute Gasteiger partial charge is 0.126 e. The summed E-state index contributed by atoms with van der Waals surface area (Å²) in [6.45, 7) is -0.176. The zero-order chi connectivity index (χ0) is 8.97. The van der Waals surface area contributed by atoms with Crippen LogP contribution in [0.25, 0.3) is 0 Å². The second-order valence-corrected chi connectivity index (χ2v) is 2.56. The van der Waals surface area contributed by atoms with E-state index in [2.05, 4.69) is 0 Å². The molecule has 0 amide bonds. The van der Waals surface area contributed by atoms with E-state index in [1.165, 1.54) is 12.1 Å². The first-order valence-electron chi connectivity index (χ1n) is 3.77. The predicted molar refractivity (Wildman–Crippen MR) is 43.1 cm³/mol. The molecule has 0 atom stereocenters. The molecule has 66 valence electrons. The van der Waals surface area contributed by atoms with Gasteiger partial charge in [0, 0.05) is 6.61 Å². The molecule has 2 N–H and O–H groups in total. The average molecular weight is 170 g/mol. The molecular weight excluding hydrogens is 159 g/mol. The third-order valence-corrected chi connectivity index (χ3v) is 1.67. The van der Waals surface area contributed by atoms with Crippen molar-refractivity contribution < 1.29 is 14.6 Å². The highest BCUT2D eigenvalue weighted by molar-refractivity contribution is 5.24. The van der Waals surface area contributed by atoms with Gasteiger partial charge < -0.3 is 10.2 Å². The van der Waals surface area contributed by atoms with Gasteiger partial charge in [0.2, 0.25) is 0 Å². The maximum Gasteiger partial charge on any atom is 0.126 e. The maximum absolute atomic E-state index is 12.9. The Kier molecular flexibility index (Phi) is 3.19. The fourth-order valence-corrected chi connectivity index (χ4v) is 1.04. The van der Waals surface area contributed by atoms with E-state index in [0.717, 1.165) is 0 Å². The first kappa shape index (κ1) is 9.16. The van der Waals surface area contributed by atoms with Gasteiger partial charge in [-0.3, -0.25) is 0 Å². The molecule has 0 radical (unpaired) electrons. The van der Waals surface area contributed by atoms with Gasteiger partial charge >= 0.3 is 0 Å². The van der Waals surface area contributed by atoms with E-state index in [1.807, 2.05) is 0 Å². The van der Waals surface area contributed by atoms with Gasteiger partial charge in [-0.25, -0.2) is 4.39 Å². The first-order chi connectivity index (χ1) is 5.77. The lowest BCUT2D eigenvalue weighted by Crippen LogP contribution is -1.96. The van der Waals surface area contributed by atoms with Crippen molar-refractivity contribution in [3.63, 3.8) is 0 Å². The van der Waals surface area contributed by atoms with E-state index in [1.54, 1.807) is 6.07 Å². The van der Waals surface area contributed by atoms with Gasteiger partial charge in [-0.1, -0.05) is 12.1 Å². The average Bonchev–Trinajstić information content (AvgIpc) is 2.09. The molecule has 2 nitrogen and oxygen atoms in total. The van der Waals surface area contributed by atoms with Crippen molar-refractivity contribution in [1.29, 1.82) is 0 Å². The Hall–Kier alpha value is -0.930. The third-order valence-electron chi connectivity index (χ3n) is 1.67. The Morgan fingerprint density at radius 1 is 1.25 bits per heavy atom. The van der Waals surface area contributed by atoms with E-state index in [9.17, 15) is 4.39 Å². The molecule has 0 saturated heterocycles. The molecule has 0 heterocycles. The van der Waals surface area contributed by atoms with Crippen LogP contribution in [0.4, 0.5) is 4.39 Å². The minimum Gasteiger partial charge on any atom is -0.396 e. The lowest BCUT2D eigenvalue weighted by Gasteiger charge is -2.02. The fraction of sp³-hybridized carbons (Fsp3) is 0.333. The van der Waals surface area contributed by atoms with Crippen LogP contribution in [0.2, 0.25) is 0 Å². The van der Waals surface area contributed by atoms with E-state index >= 15 is 0 Å². The number of benzene rings is 1. The Morgan fingerprint density at radius 2 is 2.00 bits per heavy atom. The van der Waals surface area contributed by atoms with Crippen LogP contribution in [0.3, 0.4) is 0 Å². The van der Waals surface area contributed by atoms with Gasteiger partial charge in [0.1, 0.15) is 5.82 Å². The molecule has 0 aliphatic carbocycles. The van der Waals surface area contributed by atoms with Gasteiger partial charge in [-0.15, -0.1) is 0 Å². The van der Waals surface area contributed by atoms with Crippen LogP contribution in [0, 0.1) is 5.82 Å². The van der Waals surface area contributed by atoms with E-state index in [-0.39, 0.29) is 19.0 Å². The normalized spacial score (nSPS) is 10.2. The summed E-state index contributed by atoms with van der Waals surface area (Å²) in [6.07, 6.45) is 0.291. The first-order valence-corrected chi connectivity index (χ1v) is 3.77. The summed E-state index contributed by atoms with van der Waals surface area (Å²) in [5, 5.41) is 17.3. The SMILES string of the molecule is OCCc1cc(CO)ccc1F. The van der Waals surface area contributed by atoms with Gasteiger partial charge in [-0.2, -0.15) is 0 Å². The van der Waals surface area contributed by atoms with Crippen molar-refractivity contribution in [3.8, 4) is 0 Å². The van der Waals surface area contributed by atoms with Crippen molar-refractivity contribution in [2.75, 3.05) is 6.61 Å². The van der Waals surface area contributed by atoms with Crippen LogP contribution >= 0.6 is 0 Å². The van der Waals surface area contributed by atoms with Gasteiger partial charge in [-0.05, 0) is 23.6 Å². The summed E-state index contributed by atoms with van der Waals surface area (Å²) in [5.41, 5.74) is 1.11. The highest BCUT2D eigenvalue weighted by Crippen LogP contribution is 2.10. The van der Waals surface area contributed by atoms with Crippen molar-refractivity contribution in [2.45, 2.75) is 13.0 Å². The minimum atomic E-state index is -0.332. The molecule has 0 aliphatic rings. The monoisotopic (exact) mass is 170 g/mol. The highest BCUT2D eigenvalue weighted by Gasteiger charge is 2.01. The second kappa shape index (κ2) is 4.18. The Bertz CT molecular complexity index is 261. The van der Waals surface area contributed by atoms with Crippen molar-refractivity contribution in [2.24, 2.45) is 0 Å². The molecule has 0 bridgehead atoms. The lowest BCUT2D eigenvalue weighted by molar-refractivity contribution is 0.280. The number of aliphatic hydroxyl groups is 2. The lowest BCUT2D eigenvalue weighted by atomic mass is 10.1. The molecule has 1 rings (SSSR count). The summed E-state index contributed by atoms with van der Waals surface area (Å²) in [7, 11) is 0. The summed E-state index contributed by atoms with van der Waals surface area (Å²) >= 11 is 0. The zero-order valence-corrected chi connectivity index (χ0v) is 6.63. The Balaban J connectivity index is 2.91. The molecule has 0 aromatic heterocycles. The van der Waals surface area contributed by atoms with Crippen LogP contribution in [0.1, 0.15) is 11.1 Å². The number of halogens is 1. The predicted octanol–water partition coefficient (Wildman–Crippen LogP) is 0.853. The van der Waals surface area contributed by atoms with Crippen LogP contribution in [-0.2, 0) is 13.0 Å². The van der Waals surface area contributed by atoms with Crippen LogP contribution in [0.5, 0.6) is 0 Å². The Labute approximate surface area is 70.3 Å². The summed E-state index contributed by atoms with van der Waals surface area (Å²) < 4.78 is 12.9. The minimum absolute atomic E-state index is 0.0776. The molecule has 0 saturated carbocycles. The van der Waals surface area contributed by atoms with Crippen molar-refractivity contribution in [1.82, 2.24) is 0 Å². The zero-order valence-electron chi connectivity index (χ0n) is 6.63. The topological polar surface area (TPSA) is 40.5 Å². The highest BCUT2D eigenvalue weighted by atomic mass is 19.1. The molecule has 0 aliphatic heterocycles. The van der Waals surface area contributed by atoms with E-state index < -0.39 is 0 Å². The summed E-state index contributed by atoms with van der Waals surface area (Å²) in [5.74, 6) is -0.332. The van der Waals surface area contributed by atoms with Crippen molar-refractivity contribution >= 4 is 0 Å². The van der Waals surface area contributed by atoms with E-state index in [0.29, 0.717) is 17.5 Å². The molecular formula is C9H11FO2. The molecule has 1 aromatic rings. The van der Waals surface area contributed by atoms with Gasteiger partial charge in [0.15, 0.2) is 0 Å². The molecule has 0 spiro atoms. The largest absolute Gasteiger partial charge is 0.396 e. The standard InChI is InChI=1S/C9H11FO2/c10-9-2-1-7(6-12)5-8(9)3-4-11/h1-2,5,11-12H,3-4,6H2. The third kappa shape index (κ3) is 2.03. The van der Waals surface area contributed by atoms with Gasteiger partial charge in [0.25, 0.3) is 0 Å². The van der Waals surface area contributed by atoms with Crippen molar-refractivity contribution in [3.05, 3.63) is 35.1 Å². The number of aliphatic hydroxyl groups excluding tert-OH is 2. The van der Waals surface area contributed by atoms with Crippen LogP contribution < -0.4 is 0 Å². The molecule has 0 fully saturated rings. The van der Waals surface area contributed by atoms with Crippen LogP contribution in [0.15, 0.2) is 18.2 Å². The quantitative estimate of drug-likeness (QED) is 0.706. The Morgan fingerprint density at radius 3 is 2.58 bits per heavy atom. The molecule has 1 aromatic carbocycles. The maximum atomic E-state index is 12.9. The summed E-state index contributed by atoms with van der Waals surface area (Å²) in [6, 6.07) is 4.39. The fourth-order valence-electron chi connectivity index (χ4n) is 1.04. The molecule has 0 unspecified atom stereocenters. The van der Waals surface area contributed by atoms with Gasteiger partial charge in [0.05, 0.1) is 6.61 Å². The van der Waals surface area contributed by atoms with E-state index in [4.69, 9.17) is 10.2 Å². The number of rotatable bonds is 3. The molecule has 12 heavy (non-hydrogen) atoms. The number of hydrogen-bond acceptors (Lipinski definition) is 2. The van der Waals surface area contributed by atoms with Crippen LogP contribution in [-0.4, -0.2) is 16.8 Å². The summed E-state index contributed by atoms with van der Waals surface area (Å²) in [4.78, 5) is 0.